The Hall–Kier alpha value is -0.940. The normalized spacial score (nSPS) is 32.4. The maximum atomic E-state index is 5.84. The number of hydrogen-bond acceptors (Lipinski definition) is 5. The van der Waals surface area contributed by atoms with E-state index in [-0.39, 0.29) is 5.60 Å². The predicted octanol–water partition coefficient (Wildman–Crippen LogP) is 2.59. The van der Waals surface area contributed by atoms with Crippen LogP contribution in [0.4, 0.5) is 0 Å². The van der Waals surface area contributed by atoms with Crippen LogP contribution < -0.4 is 5.32 Å². The second kappa shape index (κ2) is 5.82. The van der Waals surface area contributed by atoms with Gasteiger partial charge in [-0.25, -0.2) is 0 Å². The van der Waals surface area contributed by atoms with E-state index >= 15 is 0 Å². The summed E-state index contributed by atoms with van der Waals surface area (Å²) in [4.78, 5) is 4.70. The molecule has 20 heavy (non-hydrogen) atoms. The SMILES string of the molecule is COC1(c2noc(C3CCNCC3)n2)CCCC(C)C1. The van der Waals surface area contributed by atoms with Crippen LogP contribution in [0.5, 0.6) is 0 Å². The van der Waals surface area contributed by atoms with Gasteiger partial charge in [-0.3, -0.25) is 0 Å². The van der Waals surface area contributed by atoms with Gasteiger partial charge < -0.3 is 14.6 Å². The van der Waals surface area contributed by atoms with Crippen molar-refractivity contribution >= 4 is 0 Å². The van der Waals surface area contributed by atoms with E-state index in [0.717, 1.165) is 50.5 Å². The monoisotopic (exact) mass is 279 g/mol. The summed E-state index contributed by atoms with van der Waals surface area (Å²) >= 11 is 0. The van der Waals surface area contributed by atoms with Crippen LogP contribution in [0, 0.1) is 5.92 Å². The lowest BCUT2D eigenvalue weighted by Gasteiger charge is -2.36. The van der Waals surface area contributed by atoms with Crippen molar-refractivity contribution in [2.45, 2.75) is 57.0 Å². The van der Waals surface area contributed by atoms with Crippen molar-refractivity contribution in [3.05, 3.63) is 11.7 Å². The molecule has 1 aliphatic carbocycles. The number of hydrogen-bond donors (Lipinski definition) is 1. The first-order valence-electron chi connectivity index (χ1n) is 7.83. The predicted molar refractivity (Wildman–Crippen MR) is 75.5 cm³/mol. The van der Waals surface area contributed by atoms with Crippen molar-refractivity contribution in [1.82, 2.24) is 15.5 Å². The van der Waals surface area contributed by atoms with Crippen LogP contribution in [0.3, 0.4) is 0 Å². The van der Waals surface area contributed by atoms with Crippen molar-refractivity contribution in [2.24, 2.45) is 5.92 Å². The smallest absolute Gasteiger partial charge is 0.229 e. The van der Waals surface area contributed by atoms with Crippen molar-refractivity contribution in [3.63, 3.8) is 0 Å². The fourth-order valence-corrected chi connectivity index (χ4v) is 3.64. The number of nitrogens with zero attached hydrogens (tertiary/aromatic N) is 2. The van der Waals surface area contributed by atoms with Crippen LogP contribution in [0.25, 0.3) is 0 Å². The lowest BCUT2D eigenvalue weighted by molar-refractivity contribution is -0.0658. The zero-order valence-electron chi connectivity index (χ0n) is 12.5. The van der Waals surface area contributed by atoms with Gasteiger partial charge in [-0.05, 0) is 51.1 Å². The van der Waals surface area contributed by atoms with Gasteiger partial charge in [-0.2, -0.15) is 4.98 Å². The van der Waals surface area contributed by atoms with Gasteiger partial charge in [0.25, 0.3) is 0 Å². The summed E-state index contributed by atoms with van der Waals surface area (Å²) in [6.07, 6.45) is 6.60. The van der Waals surface area contributed by atoms with Gasteiger partial charge in [0.1, 0.15) is 5.60 Å². The van der Waals surface area contributed by atoms with Gasteiger partial charge >= 0.3 is 0 Å². The van der Waals surface area contributed by atoms with Crippen molar-refractivity contribution in [1.29, 1.82) is 0 Å². The van der Waals surface area contributed by atoms with E-state index < -0.39 is 0 Å². The van der Waals surface area contributed by atoms with Crippen LogP contribution >= 0.6 is 0 Å². The van der Waals surface area contributed by atoms with E-state index in [1.54, 1.807) is 7.11 Å². The molecule has 1 aromatic rings. The topological polar surface area (TPSA) is 60.2 Å². The van der Waals surface area contributed by atoms with Crippen LogP contribution in [0.1, 0.15) is 63.1 Å². The van der Waals surface area contributed by atoms with Gasteiger partial charge in [0.05, 0.1) is 0 Å². The number of aromatic nitrogens is 2. The Kier molecular flexibility index (Phi) is 4.08. The maximum absolute atomic E-state index is 5.84. The first-order valence-corrected chi connectivity index (χ1v) is 7.83. The number of nitrogens with one attached hydrogen (secondary N) is 1. The fourth-order valence-electron chi connectivity index (χ4n) is 3.64. The molecular weight excluding hydrogens is 254 g/mol. The van der Waals surface area contributed by atoms with Crippen LogP contribution in [0.15, 0.2) is 4.52 Å². The Balaban J connectivity index is 1.80. The molecule has 1 N–H and O–H groups in total. The van der Waals surface area contributed by atoms with Gasteiger partial charge in [0, 0.05) is 13.0 Å². The third-order valence-corrected chi connectivity index (χ3v) is 4.88. The highest BCUT2D eigenvalue weighted by molar-refractivity contribution is 5.06. The third kappa shape index (κ3) is 2.61. The highest BCUT2D eigenvalue weighted by Gasteiger charge is 2.41. The minimum absolute atomic E-state index is 0.327. The van der Waals surface area contributed by atoms with E-state index in [1.807, 2.05) is 0 Å². The first kappa shape index (κ1) is 14.0. The minimum atomic E-state index is -0.327. The minimum Gasteiger partial charge on any atom is -0.370 e. The van der Waals surface area contributed by atoms with E-state index in [0.29, 0.717) is 11.8 Å². The van der Waals surface area contributed by atoms with Crippen LogP contribution in [-0.2, 0) is 10.3 Å². The quantitative estimate of drug-likeness (QED) is 0.921. The Morgan fingerprint density at radius 2 is 2.10 bits per heavy atom. The van der Waals surface area contributed by atoms with E-state index in [1.165, 1.54) is 12.8 Å². The van der Waals surface area contributed by atoms with Gasteiger partial charge in [-0.15, -0.1) is 0 Å². The average Bonchev–Trinajstić information content (AvgIpc) is 2.98. The van der Waals surface area contributed by atoms with E-state index in [4.69, 9.17) is 14.2 Å². The maximum Gasteiger partial charge on any atom is 0.229 e. The molecule has 3 rings (SSSR count). The summed E-state index contributed by atoms with van der Waals surface area (Å²) in [6.45, 7) is 4.35. The van der Waals surface area contributed by atoms with Crippen molar-refractivity contribution in [3.8, 4) is 0 Å². The third-order valence-electron chi connectivity index (χ3n) is 4.88. The van der Waals surface area contributed by atoms with E-state index in [9.17, 15) is 0 Å². The number of ether oxygens (including phenoxy) is 1. The van der Waals surface area contributed by atoms with Gasteiger partial charge in [0.2, 0.25) is 11.7 Å². The molecule has 0 bridgehead atoms. The Morgan fingerprint density at radius 1 is 1.30 bits per heavy atom. The zero-order chi connectivity index (χ0) is 14.0. The number of rotatable bonds is 3. The largest absolute Gasteiger partial charge is 0.370 e. The first-order chi connectivity index (χ1) is 9.73. The molecule has 2 unspecified atom stereocenters. The molecule has 1 aromatic heterocycles. The molecule has 112 valence electrons. The van der Waals surface area contributed by atoms with E-state index in [2.05, 4.69) is 17.4 Å². The van der Waals surface area contributed by atoms with Gasteiger partial charge in [0.15, 0.2) is 0 Å². The molecule has 0 radical (unpaired) electrons. The summed E-state index contributed by atoms with van der Waals surface area (Å²) in [7, 11) is 1.78. The molecule has 5 nitrogen and oxygen atoms in total. The Labute approximate surface area is 120 Å². The number of piperidine rings is 1. The molecule has 2 heterocycles. The summed E-state index contributed by atoms with van der Waals surface area (Å²) in [5.41, 5.74) is -0.327. The van der Waals surface area contributed by atoms with Crippen molar-refractivity contribution in [2.75, 3.05) is 20.2 Å². The van der Waals surface area contributed by atoms with Gasteiger partial charge in [-0.1, -0.05) is 18.5 Å². The van der Waals surface area contributed by atoms with Crippen molar-refractivity contribution < 1.29 is 9.26 Å². The molecule has 1 aliphatic heterocycles. The lowest BCUT2D eigenvalue weighted by atomic mass is 9.78. The number of methoxy groups -OCH3 is 1. The highest BCUT2D eigenvalue weighted by atomic mass is 16.5. The summed E-state index contributed by atoms with van der Waals surface area (Å²) in [5.74, 6) is 2.63. The molecule has 1 saturated heterocycles. The summed E-state index contributed by atoms with van der Waals surface area (Å²) in [5, 5.41) is 7.63. The molecule has 0 aromatic carbocycles. The molecule has 2 aliphatic rings. The molecule has 2 fully saturated rings. The average molecular weight is 279 g/mol. The second-order valence-corrected chi connectivity index (χ2v) is 6.38. The van der Waals surface area contributed by atoms with Crippen LogP contribution in [-0.4, -0.2) is 30.3 Å². The Bertz CT molecular complexity index is 442. The van der Waals surface area contributed by atoms with Crippen LogP contribution in [0.2, 0.25) is 0 Å². The standard InChI is InChI=1S/C15H25N3O2/c1-11-4-3-7-15(10-11,19-2)14-17-13(20-18-14)12-5-8-16-9-6-12/h11-12,16H,3-10H2,1-2H3. The highest BCUT2D eigenvalue weighted by Crippen LogP contribution is 2.41. The zero-order valence-corrected chi connectivity index (χ0v) is 12.5. The summed E-state index contributed by atoms with van der Waals surface area (Å²) in [6, 6.07) is 0. The fraction of sp³-hybridized carbons (Fsp3) is 0.867. The molecule has 1 saturated carbocycles. The Morgan fingerprint density at radius 3 is 2.80 bits per heavy atom. The second-order valence-electron chi connectivity index (χ2n) is 6.38. The summed E-state index contributed by atoms with van der Waals surface area (Å²) < 4.78 is 11.4. The molecule has 0 amide bonds. The molecule has 2 atom stereocenters. The lowest BCUT2D eigenvalue weighted by Crippen LogP contribution is -2.35. The molecular formula is C15H25N3O2. The molecule has 0 spiro atoms. The molecule has 5 heteroatoms.